The number of ether oxygens (including phenoxy) is 3. The maximum Gasteiger partial charge on any atom is 0.332 e. The Bertz CT molecular complexity index is 221. The van der Waals surface area contributed by atoms with E-state index in [2.05, 4.69) is 6.58 Å². The monoisotopic (exact) mass is 228 g/mol. The molecule has 1 unspecified atom stereocenters. The van der Waals surface area contributed by atoms with E-state index >= 15 is 0 Å². The zero-order chi connectivity index (χ0) is 11.8. The number of carbonyl (C=O) groups is 1. The van der Waals surface area contributed by atoms with Crippen LogP contribution in [0, 0.1) is 0 Å². The predicted octanol–water partition coefficient (Wildman–Crippen LogP) is 2.04. The van der Waals surface area contributed by atoms with E-state index in [1.807, 2.05) is 0 Å². The molecule has 0 aromatic heterocycles. The lowest BCUT2D eigenvalue weighted by Crippen LogP contribution is -2.20. The molecule has 1 atom stereocenters. The van der Waals surface area contributed by atoms with Crippen molar-refractivity contribution < 1.29 is 19.0 Å². The average Bonchev–Trinajstić information content (AvgIpc) is 2.77. The van der Waals surface area contributed by atoms with Crippen LogP contribution in [0.15, 0.2) is 12.7 Å². The number of hydrogen-bond acceptors (Lipinski definition) is 4. The zero-order valence-electron chi connectivity index (χ0n) is 9.81. The maximum atomic E-state index is 10.8. The SMILES string of the molecule is C=CC(=O)OC(C)OCCOC1CCCC1. The summed E-state index contributed by atoms with van der Waals surface area (Å²) in [7, 11) is 0. The molecular formula is C12H20O4. The van der Waals surface area contributed by atoms with Crippen LogP contribution in [0.3, 0.4) is 0 Å². The second-order valence-corrected chi connectivity index (χ2v) is 3.86. The minimum Gasteiger partial charge on any atom is -0.433 e. The van der Waals surface area contributed by atoms with Gasteiger partial charge in [-0.3, -0.25) is 0 Å². The summed E-state index contributed by atoms with van der Waals surface area (Å²) in [5.41, 5.74) is 0. The maximum absolute atomic E-state index is 10.8. The van der Waals surface area contributed by atoms with Crippen molar-refractivity contribution >= 4 is 5.97 Å². The molecule has 0 N–H and O–H groups in total. The van der Waals surface area contributed by atoms with Crippen molar-refractivity contribution in [3.8, 4) is 0 Å². The molecule has 1 rings (SSSR count). The van der Waals surface area contributed by atoms with E-state index in [1.165, 1.54) is 12.8 Å². The van der Waals surface area contributed by atoms with E-state index in [0.29, 0.717) is 19.3 Å². The summed E-state index contributed by atoms with van der Waals surface area (Å²) in [6, 6.07) is 0. The fourth-order valence-corrected chi connectivity index (χ4v) is 1.73. The van der Waals surface area contributed by atoms with Crippen LogP contribution in [0.5, 0.6) is 0 Å². The van der Waals surface area contributed by atoms with Gasteiger partial charge in [0.1, 0.15) is 0 Å². The summed E-state index contributed by atoms with van der Waals surface area (Å²) in [5.74, 6) is -0.468. The van der Waals surface area contributed by atoms with Gasteiger partial charge in [0.25, 0.3) is 0 Å². The van der Waals surface area contributed by atoms with Crippen molar-refractivity contribution in [3.63, 3.8) is 0 Å². The van der Waals surface area contributed by atoms with Crippen LogP contribution in [0.25, 0.3) is 0 Å². The molecule has 16 heavy (non-hydrogen) atoms. The smallest absolute Gasteiger partial charge is 0.332 e. The predicted molar refractivity (Wildman–Crippen MR) is 59.9 cm³/mol. The van der Waals surface area contributed by atoms with Crippen molar-refractivity contribution in [2.75, 3.05) is 13.2 Å². The van der Waals surface area contributed by atoms with E-state index < -0.39 is 12.3 Å². The van der Waals surface area contributed by atoms with Gasteiger partial charge in [-0.1, -0.05) is 19.4 Å². The Morgan fingerprint density at radius 1 is 1.44 bits per heavy atom. The molecule has 4 heteroatoms. The minimum absolute atomic E-state index is 0.398. The summed E-state index contributed by atoms with van der Waals surface area (Å²) in [6.07, 6.45) is 5.81. The number of rotatable bonds is 7. The van der Waals surface area contributed by atoms with Gasteiger partial charge in [-0.2, -0.15) is 0 Å². The molecule has 0 spiro atoms. The highest BCUT2D eigenvalue weighted by Gasteiger charge is 2.15. The number of hydrogen-bond donors (Lipinski definition) is 0. The van der Waals surface area contributed by atoms with Gasteiger partial charge >= 0.3 is 5.97 Å². The van der Waals surface area contributed by atoms with Crippen LogP contribution in [-0.2, 0) is 19.0 Å². The standard InChI is InChI=1S/C12H20O4/c1-3-12(13)16-10(2)14-8-9-15-11-6-4-5-7-11/h3,10-11H,1,4-9H2,2H3. The third kappa shape index (κ3) is 5.28. The average molecular weight is 228 g/mol. The molecule has 0 heterocycles. The van der Waals surface area contributed by atoms with Crippen molar-refractivity contribution in [1.29, 1.82) is 0 Å². The van der Waals surface area contributed by atoms with Gasteiger partial charge in [0.05, 0.1) is 19.3 Å². The van der Waals surface area contributed by atoms with Gasteiger partial charge in [-0.15, -0.1) is 0 Å². The first-order valence-electron chi connectivity index (χ1n) is 5.78. The van der Waals surface area contributed by atoms with Gasteiger partial charge in [0, 0.05) is 6.08 Å². The Balaban J connectivity index is 1.97. The molecule has 0 amide bonds. The van der Waals surface area contributed by atoms with Gasteiger partial charge < -0.3 is 14.2 Å². The highest BCUT2D eigenvalue weighted by molar-refractivity contribution is 5.81. The molecule has 0 radical (unpaired) electrons. The molecular weight excluding hydrogens is 208 g/mol. The van der Waals surface area contributed by atoms with Crippen molar-refractivity contribution in [3.05, 3.63) is 12.7 Å². The molecule has 0 aliphatic heterocycles. The topological polar surface area (TPSA) is 44.8 Å². The Morgan fingerprint density at radius 2 is 2.12 bits per heavy atom. The summed E-state index contributed by atoms with van der Waals surface area (Å²) < 4.78 is 15.7. The number of carbonyl (C=O) groups excluding carboxylic acids is 1. The quantitative estimate of drug-likeness (QED) is 0.289. The first-order chi connectivity index (χ1) is 7.72. The third-order valence-corrected chi connectivity index (χ3v) is 2.54. The van der Waals surface area contributed by atoms with Crippen molar-refractivity contribution in [2.45, 2.75) is 45.0 Å². The molecule has 0 aromatic rings. The zero-order valence-corrected chi connectivity index (χ0v) is 9.81. The Labute approximate surface area is 96.6 Å². The minimum atomic E-state index is -0.544. The van der Waals surface area contributed by atoms with Gasteiger partial charge in [-0.05, 0) is 19.8 Å². The third-order valence-electron chi connectivity index (χ3n) is 2.54. The van der Waals surface area contributed by atoms with Gasteiger partial charge in [0.15, 0.2) is 0 Å². The highest BCUT2D eigenvalue weighted by Crippen LogP contribution is 2.20. The molecule has 1 aliphatic carbocycles. The molecule has 1 aliphatic rings. The van der Waals surface area contributed by atoms with Crippen LogP contribution in [0.2, 0.25) is 0 Å². The van der Waals surface area contributed by atoms with Gasteiger partial charge in [0.2, 0.25) is 6.29 Å². The van der Waals surface area contributed by atoms with Crippen LogP contribution in [0.4, 0.5) is 0 Å². The van der Waals surface area contributed by atoms with Crippen molar-refractivity contribution in [2.24, 2.45) is 0 Å². The molecule has 92 valence electrons. The van der Waals surface area contributed by atoms with E-state index in [9.17, 15) is 4.79 Å². The molecule has 0 saturated heterocycles. The Kier molecular flexibility index (Phi) is 6.11. The van der Waals surface area contributed by atoms with E-state index in [4.69, 9.17) is 14.2 Å². The second kappa shape index (κ2) is 7.41. The molecule has 0 bridgehead atoms. The lowest BCUT2D eigenvalue weighted by Gasteiger charge is -2.14. The largest absolute Gasteiger partial charge is 0.433 e. The second-order valence-electron chi connectivity index (χ2n) is 3.86. The first kappa shape index (κ1) is 13.2. The summed E-state index contributed by atoms with van der Waals surface area (Å²) in [6.45, 7) is 5.99. The lowest BCUT2D eigenvalue weighted by atomic mass is 10.3. The fraction of sp³-hybridized carbons (Fsp3) is 0.750. The van der Waals surface area contributed by atoms with Crippen LogP contribution < -0.4 is 0 Å². The number of esters is 1. The van der Waals surface area contributed by atoms with E-state index in [-0.39, 0.29) is 0 Å². The molecule has 1 saturated carbocycles. The molecule has 4 nitrogen and oxygen atoms in total. The normalized spacial score (nSPS) is 18.3. The first-order valence-corrected chi connectivity index (χ1v) is 5.78. The molecule has 1 fully saturated rings. The Morgan fingerprint density at radius 3 is 2.75 bits per heavy atom. The van der Waals surface area contributed by atoms with E-state index in [0.717, 1.165) is 18.9 Å². The van der Waals surface area contributed by atoms with Crippen LogP contribution in [-0.4, -0.2) is 31.6 Å². The van der Waals surface area contributed by atoms with Crippen LogP contribution >= 0.6 is 0 Å². The highest BCUT2D eigenvalue weighted by atomic mass is 16.7. The van der Waals surface area contributed by atoms with Crippen molar-refractivity contribution in [1.82, 2.24) is 0 Å². The van der Waals surface area contributed by atoms with Gasteiger partial charge in [-0.25, -0.2) is 4.79 Å². The summed E-state index contributed by atoms with van der Waals surface area (Å²) >= 11 is 0. The van der Waals surface area contributed by atoms with E-state index in [1.54, 1.807) is 6.92 Å². The van der Waals surface area contributed by atoms with Crippen LogP contribution in [0.1, 0.15) is 32.6 Å². The fourth-order valence-electron chi connectivity index (χ4n) is 1.73. The summed E-state index contributed by atoms with van der Waals surface area (Å²) in [4.78, 5) is 10.8. The lowest BCUT2D eigenvalue weighted by molar-refractivity contribution is -0.172. The molecule has 0 aromatic carbocycles. The summed E-state index contributed by atoms with van der Waals surface area (Å²) in [5, 5.41) is 0. The Hall–Kier alpha value is -0.870.